The quantitative estimate of drug-likeness (QED) is 0.560. The van der Waals surface area contributed by atoms with Gasteiger partial charge in [-0.25, -0.2) is 0 Å². The minimum Gasteiger partial charge on any atom is -0.489 e. The van der Waals surface area contributed by atoms with E-state index in [0.29, 0.717) is 5.02 Å². The van der Waals surface area contributed by atoms with Crippen LogP contribution in [0.4, 0.5) is 13.2 Å². The number of rotatable bonds is 7. The highest BCUT2D eigenvalue weighted by Crippen LogP contribution is 2.38. The number of benzene rings is 2. The monoisotopic (exact) mass is 424 g/mol. The first-order valence-electron chi connectivity index (χ1n) is 9.26. The summed E-state index contributed by atoms with van der Waals surface area (Å²) in [6, 6.07) is 11.2. The van der Waals surface area contributed by atoms with Gasteiger partial charge in [-0.05, 0) is 66.2 Å². The van der Waals surface area contributed by atoms with Gasteiger partial charge in [-0.2, -0.15) is 13.2 Å². The van der Waals surface area contributed by atoms with E-state index in [9.17, 15) is 18.0 Å². The molecular weight excluding hydrogens is 405 g/mol. The summed E-state index contributed by atoms with van der Waals surface area (Å²) in [7, 11) is 0. The molecule has 0 amide bonds. The fourth-order valence-corrected chi connectivity index (χ4v) is 3.79. The summed E-state index contributed by atoms with van der Waals surface area (Å²) in [5.74, 6) is -1.03. The fraction of sp³-hybridized carbons (Fsp3) is 0.318. The first kappa shape index (κ1) is 21.2. The Morgan fingerprint density at radius 3 is 2.59 bits per heavy atom. The average Bonchev–Trinajstić information content (AvgIpc) is 3.13. The molecule has 154 valence electrons. The van der Waals surface area contributed by atoms with E-state index in [1.54, 1.807) is 0 Å². The number of alkyl halides is 3. The highest BCUT2D eigenvalue weighted by molar-refractivity contribution is 6.32. The molecule has 29 heavy (non-hydrogen) atoms. The lowest BCUT2D eigenvalue weighted by Crippen LogP contribution is -2.11. The number of carbonyl (C=O) groups is 1. The second-order valence-electron chi connectivity index (χ2n) is 6.91. The van der Waals surface area contributed by atoms with Crippen molar-refractivity contribution in [3.8, 4) is 5.75 Å². The minimum absolute atomic E-state index is 0.0518. The van der Waals surface area contributed by atoms with Crippen molar-refractivity contribution < 1.29 is 27.8 Å². The summed E-state index contributed by atoms with van der Waals surface area (Å²) in [6.45, 7) is 0.187. The predicted molar refractivity (Wildman–Crippen MR) is 105 cm³/mol. The van der Waals surface area contributed by atoms with Crippen LogP contribution < -0.4 is 4.74 Å². The van der Waals surface area contributed by atoms with Crippen molar-refractivity contribution in [2.24, 2.45) is 0 Å². The summed E-state index contributed by atoms with van der Waals surface area (Å²) >= 11 is 6.29. The number of carboxylic acids is 1. The van der Waals surface area contributed by atoms with Crippen molar-refractivity contribution in [2.45, 2.75) is 38.3 Å². The maximum absolute atomic E-state index is 13.4. The highest BCUT2D eigenvalue weighted by Gasteiger charge is 2.34. The molecule has 1 N–H and O–H groups in total. The van der Waals surface area contributed by atoms with Crippen LogP contribution in [0.25, 0.3) is 5.57 Å². The van der Waals surface area contributed by atoms with E-state index in [0.717, 1.165) is 42.0 Å². The molecule has 0 atom stereocenters. The zero-order chi connectivity index (χ0) is 21.0. The van der Waals surface area contributed by atoms with Gasteiger partial charge in [0.05, 0.1) is 5.56 Å². The Morgan fingerprint density at radius 1 is 1.14 bits per heavy atom. The molecular formula is C22H20ClF3O3. The van der Waals surface area contributed by atoms with Crippen LogP contribution in [0.3, 0.4) is 0 Å². The lowest BCUT2D eigenvalue weighted by Gasteiger charge is -2.16. The van der Waals surface area contributed by atoms with E-state index in [4.69, 9.17) is 21.4 Å². The first-order valence-corrected chi connectivity index (χ1v) is 9.64. The number of carboxylic acid groups (broad SMARTS) is 1. The van der Waals surface area contributed by atoms with Gasteiger partial charge in [-0.1, -0.05) is 35.9 Å². The van der Waals surface area contributed by atoms with Crippen molar-refractivity contribution >= 4 is 23.1 Å². The van der Waals surface area contributed by atoms with Gasteiger partial charge < -0.3 is 9.84 Å². The topological polar surface area (TPSA) is 46.5 Å². The van der Waals surface area contributed by atoms with Crippen molar-refractivity contribution in [1.82, 2.24) is 0 Å². The molecule has 0 saturated carbocycles. The van der Waals surface area contributed by atoms with Gasteiger partial charge in [-0.15, -0.1) is 0 Å². The molecule has 0 aromatic heterocycles. The van der Waals surface area contributed by atoms with Crippen molar-refractivity contribution in [3.05, 3.63) is 69.8 Å². The van der Waals surface area contributed by atoms with Crippen LogP contribution in [-0.2, 0) is 17.4 Å². The van der Waals surface area contributed by atoms with Crippen LogP contribution in [0.1, 0.15) is 42.4 Å². The molecule has 7 heteroatoms. The van der Waals surface area contributed by atoms with Gasteiger partial charge in [-0.3, -0.25) is 4.79 Å². The van der Waals surface area contributed by atoms with Crippen LogP contribution in [0.5, 0.6) is 5.75 Å². The molecule has 3 nitrogen and oxygen atoms in total. The normalized spacial score (nSPS) is 14.3. The average molecular weight is 425 g/mol. The van der Waals surface area contributed by atoms with E-state index in [1.807, 2.05) is 24.3 Å². The molecule has 2 aromatic rings. The number of hydrogen-bond acceptors (Lipinski definition) is 2. The Bertz CT molecular complexity index is 935. The number of aliphatic carboxylic acids is 1. The van der Waals surface area contributed by atoms with Crippen LogP contribution in [0, 0.1) is 0 Å². The zero-order valence-electron chi connectivity index (χ0n) is 15.6. The summed E-state index contributed by atoms with van der Waals surface area (Å²) < 4.78 is 45.9. The van der Waals surface area contributed by atoms with E-state index in [1.165, 1.54) is 12.1 Å². The molecule has 2 aromatic carbocycles. The van der Waals surface area contributed by atoms with E-state index >= 15 is 0 Å². The third-order valence-electron chi connectivity index (χ3n) is 4.94. The molecule has 0 unspecified atom stereocenters. The second kappa shape index (κ2) is 8.91. The number of allylic oxidation sites excluding steroid dienone is 1. The molecule has 0 spiro atoms. The number of aryl methyl sites for hydroxylation is 1. The van der Waals surface area contributed by atoms with E-state index < -0.39 is 17.7 Å². The maximum Gasteiger partial charge on any atom is 0.416 e. The van der Waals surface area contributed by atoms with Gasteiger partial charge in [0.1, 0.15) is 12.4 Å². The predicted octanol–water partition coefficient (Wildman–Crippen LogP) is 6.39. The molecule has 1 aliphatic carbocycles. The highest BCUT2D eigenvalue weighted by atomic mass is 35.5. The summed E-state index contributed by atoms with van der Waals surface area (Å²) in [5.41, 5.74) is 2.14. The first-order chi connectivity index (χ1) is 13.8. The van der Waals surface area contributed by atoms with E-state index in [-0.39, 0.29) is 30.8 Å². The van der Waals surface area contributed by atoms with Gasteiger partial charge >= 0.3 is 12.1 Å². The summed E-state index contributed by atoms with van der Waals surface area (Å²) in [4.78, 5) is 10.7. The molecule has 0 heterocycles. The van der Waals surface area contributed by atoms with Crippen LogP contribution in [0.2, 0.25) is 5.02 Å². The lowest BCUT2D eigenvalue weighted by atomic mass is 10.0. The standard InChI is InChI=1S/C22H20ClF3O3/c23-20-7-2-1-5-18(20)17-6-3-4-15(17)13-29-16-10-8-14(9-11-21(27)28)19(12-16)22(24,25)26/h1-2,5,7-8,10,12H,3-4,6,9,11,13H2,(H,27,28). The molecule has 0 saturated heterocycles. The summed E-state index contributed by atoms with van der Waals surface area (Å²) in [6.07, 6.45) is -2.53. The molecule has 0 fully saturated rings. The third kappa shape index (κ3) is 5.32. The molecule has 3 rings (SSSR count). The van der Waals surface area contributed by atoms with Crippen molar-refractivity contribution in [2.75, 3.05) is 6.61 Å². The lowest BCUT2D eigenvalue weighted by molar-refractivity contribution is -0.140. The Balaban J connectivity index is 1.80. The number of ether oxygens (including phenoxy) is 1. The number of halogens is 4. The van der Waals surface area contributed by atoms with Gasteiger partial charge in [0, 0.05) is 11.4 Å². The van der Waals surface area contributed by atoms with Gasteiger partial charge in [0.15, 0.2) is 0 Å². The SMILES string of the molecule is O=C(O)CCc1ccc(OCC2=C(c3ccccc3Cl)CCC2)cc1C(F)(F)F. The second-order valence-corrected chi connectivity index (χ2v) is 7.32. The van der Waals surface area contributed by atoms with Gasteiger partial charge in [0.25, 0.3) is 0 Å². The molecule has 0 radical (unpaired) electrons. The Kier molecular flexibility index (Phi) is 6.52. The van der Waals surface area contributed by atoms with Crippen LogP contribution in [0.15, 0.2) is 48.0 Å². The Labute approximate surface area is 171 Å². The maximum atomic E-state index is 13.4. The van der Waals surface area contributed by atoms with Crippen LogP contribution >= 0.6 is 11.6 Å². The largest absolute Gasteiger partial charge is 0.489 e. The Morgan fingerprint density at radius 2 is 1.90 bits per heavy atom. The van der Waals surface area contributed by atoms with Gasteiger partial charge in [0.2, 0.25) is 0 Å². The Hall–Kier alpha value is -2.47. The molecule has 0 aliphatic heterocycles. The molecule has 1 aliphatic rings. The van der Waals surface area contributed by atoms with Crippen LogP contribution in [-0.4, -0.2) is 17.7 Å². The van der Waals surface area contributed by atoms with Crippen molar-refractivity contribution in [1.29, 1.82) is 0 Å². The summed E-state index contributed by atoms with van der Waals surface area (Å²) in [5, 5.41) is 9.39. The minimum atomic E-state index is -4.58. The smallest absolute Gasteiger partial charge is 0.416 e. The van der Waals surface area contributed by atoms with E-state index in [2.05, 4.69) is 0 Å². The van der Waals surface area contributed by atoms with Crippen molar-refractivity contribution in [3.63, 3.8) is 0 Å². The fourth-order valence-electron chi connectivity index (χ4n) is 3.54. The zero-order valence-corrected chi connectivity index (χ0v) is 16.3. The number of hydrogen-bond donors (Lipinski definition) is 1. The molecule has 0 bridgehead atoms. The third-order valence-corrected chi connectivity index (χ3v) is 5.27.